The fourth-order valence-electron chi connectivity index (χ4n) is 3.12. The molecule has 2 rings (SSSR count). The molecule has 0 aliphatic rings. The van der Waals surface area contributed by atoms with E-state index < -0.39 is 8.07 Å². The number of aromatic nitrogens is 1. The minimum atomic E-state index is -1.32. The van der Waals surface area contributed by atoms with Crippen molar-refractivity contribution in [1.82, 2.24) is 4.57 Å². The van der Waals surface area contributed by atoms with Gasteiger partial charge in [-0.15, -0.1) is 0 Å². The van der Waals surface area contributed by atoms with E-state index in [0.717, 1.165) is 5.02 Å². The molecule has 3 heteroatoms. The van der Waals surface area contributed by atoms with Crippen molar-refractivity contribution in [2.45, 2.75) is 38.9 Å². The van der Waals surface area contributed by atoms with Crippen molar-refractivity contribution in [2.24, 2.45) is 7.05 Å². The maximum Gasteiger partial charge on any atom is 0.107 e. The van der Waals surface area contributed by atoms with Gasteiger partial charge in [-0.1, -0.05) is 50.5 Å². The highest BCUT2D eigenvalue weighted by Gasteiger charge is 2.32. The van der Waals surface area contributed by atoms with Gasteiger partial charge in [0.15, 0.2) is 0 Å². The van der Waals surface area contributed by atoms with Gasteiger partial charge in [0.05, 0.1) is 0 Å². The van der Waals surface area contributed by atoms with Crippen LogP contribution < -0.4 is 5.32 Å². The van der Waals surface area contributed by atoms with Gasteiger partial charge in [-0.3, -0.25) is 0 Å². The summed E-state index contributed by atoms with van der Waals surface area (Å²) in [5.74, 6) is 0. The van der Waals surface area contributed by atoms with Crippen LogP contribution in [0.15, 0.2) is 24.3 Å². The van der Waals surface area contributed by atoms with Gasteiger partial charge in [0, 0.05) is 28.3 Å². The summed E-state index contributed by atoms with van der Waals surface area (Å²) in [5.41, 5.74) is 1.31. The number of fused-ring (bicyclic) bond motifs is 1. The molecule has 1 aromatic heterocycles. The zero-order valence-electron chi connectivity index (χ0n) is 11.8. The van der Waals surface area contributed by atoms with Gasteiger partial charge in [0.2, 0.25) is 0 Å². The Balaban J connectivity index is 2.67. The Morgan fingerprint density at radius 2 is 1.67 bits per heavy atom. The molecule has 0 unspecified atom stereocenters. The first-order valence-corrected chi connectivity index (χ1v) is 9.83. The molecule has 0 N–H and O–H groups in total. The number of hydrogen-bond acceptors (Lipinski definition) is 0. The number of aryl methyl sites for hydroxylation is 1. The SMILES string of the molecule is CC[Si](CC)(CC)c1cc2cc(Cl)ccc2n1C. The fourth-order valence-corrected chi connectivity index (χ4v) is 7.18. The van der Waals surface area contributed by atoms with E-state index >= 15 is 0 Å². The second-order valence-corrected chi connectivity index (χ2v) is 10.8. The van der Waals surface area contributed by atoms with Gasteiger partial charge >= 0.3 is 0 Å². The molecule has 0 fully saturated rings. The molecular formula is C15H22ClNSi. The van der Waals surface area contributed by atoms with Crippen LogP contribution >= 0.6 is 11.6 Å². The van der Waals surface area contributed by atoms with Gasteiger partial charge in [0.1, 0.15) is 8.07 Å². The zero-order chi connectivity index (χ0) is 13.3. The van der Waals surface area contributed by atoms with Crippen molar-refractivity contribution >= 4 is 35.9 Å². The minimum Gasteiger partial charge on any atom is -0.352 e. The van der Waals surface area contributed by atoms with Crippen LogP contribution in [0.4, 0.5) is 0 Å². The van der Waals surface area contributed by atoms with Crippen molar-refractivity contribution < 1.29 is 0 Å². The molecule has 0 radical (unpaired) electrons. The highest BCUT2D eigenvalue weighted by molar-refractivity contribution is 6.91. The first-order chi connectivity index (χ1) is 8.57. The average Bonchev–Trinajstić information content (AvgIpc) is 2.70. The lowest BCUT2D eigenvalue weighted by Gasteiger charge is -2.28. The Morgan fingerprint density at radius 1 is 1.06 bits per heavy atom. The highest BCUT2D eigenvalue weighted by Crippen LogP contribution is 2.25. The molecule has 0 atom stereocenters. The van der Waals surface area contributed by atoms with Crippen LogP contribution in [0.5, 0.6) is 0 Å². The minimum absolute atomic E-state index is 0.830. The molecule has 18 heavy (non-hydrogen) atoms. The van der Waals surface area contributed by atoms with Crippen molar-refractivity contribution in [2.75, 3.05) is 0 Å². The van der Waals surface area contributed by atoms with E-state index in [4.69, 9.17) is 11.6 Å². The summed E-state index contributed by atoms with van der Waals surface area (Å²) in [7, 11) is 0.884. The largest absolute Gasteiger partial charge is 0.352 e. The molecule has 98 valence electrons. The maximum atomic E-state index is 6.10. The number of benzene rings is 1. The molecule has 0 spiro atoms. The van der Waals surface area contributed by atoms with Crippen LogP contribution in [0.1, 0.15) is 20.8 Å². The lowest BCUT2D eigenvalue weighted by Crippen LogP contribution is -2.48. The summed E-state index contributed by atoms with van der Waals surface area (Å²) < 4.78 is 2.40. The molecule has 1 nitrogen and oxygen atoms in total. The summed E-state index contributed by atoms with van der Waals surface area (Å²) in [5, 5.41) is 3.69. The van der Waals surface area contributed by atoms with Gasteiger partial charge in [-0.05, 0) is 24.3 Å². The monoisotopic (exact) mass is 279 g/mol. The second-order valence-electron chi connectivity index (χ2n) is 5.13. The van der Waals surface area contributed by atoms with Crippen LogP contribution in [-0.2, 0) is 7.05 Å². The van der Waals surface area contributed by atoms with E-state index in [9.17, 15) is 0 Å². The zero-order valence-corrected chi connectivity index (χ0v) is 13.5. The van der Waals surface area contributed by atoms with E-state index in [2.05, 4.69) is 50.6 Å². The molecular weight excluding hydrogens is 258 g/mol. The topological polar surface area (TPSA) is 4.93 Å². The van der Waals surface area contributed by atoms with Gasteiger partial charge in [-0.25, -0.2) is 0 Å². The molecule has 0 saturated heterocycles. The molecule has 0 bridgehead atoms. The fraction of sp³-hybridized carbons (Fsp3) is 0.467. The predicted octanol–water partition coefficient (Wildman–Crippen LogP) is 4.55. The summed E-state index contributed by atoms with van der Waals surface area (Å²) in [6.45, 7) is 7.05. The highest BCUT2D eigenvalue weighted by atomic mass is 35.5. The average molecular weight is 280 g/mol. The van der Waals surface area contributed by atoms with Crippen molar-refractivity contribution in [3.05, 3.63) is 29.3 Å². The Bertz CT molecular complexity index is 547. The normalized spacial score (nSPS) is 12.3. The van der Waals surface area contributed by atoms with E-state index in [1.807, 2.05) is 6.07 Å². The van der Waals surface area contributed by atoms with Gasteiger partial charge in [-0.2, -0.15) is 0 Å². The summed E-state index contributed by atoms with van der Waals surface area (Å²) in [6, 6.07) is 12.5. The van der Waals surface area contributed by atoms with E-state index in [-0.39, 0.29) is 0 Å². The molecule has 0 aliphatic carbocycles. The Kier molecular flexibility index (Phi) is 3.88. The third kappa shape index (κ3) is 2.02. The van der Waals surface area contributed by atoms with Crippen LogP contribution in [0, 0.1) is 0 Å². The lowest BCUT2D eigenvalue weighted by atomic mass is 10.2. The number of halogens is 1. The van der Waals surface area contributed by atoms with Crippen LogP contribution in [-0.4, -0.2) is 12.6 Å². The summed E-state index contributed by atoms with van der Waals surface area (Å²) >= 11 is 6.10. The number of rotatable bonds is 4. The summed E-state index contributed by atoms with van der Waals surface area (Å²) in [4.78, 5) is 0. The molecule has 1 aromatic carbocycles. The third-order valence-corrected chi connectivity index (χ3v) is 10.4. The van der Waals surface area contributed by atoms with Crippen LogP contribution in [0.2, 0.25) is 23.2 Å². The van der Waals surface area contributed by atoms with Gasteiger partial charge in [0.25, 0.3) is 0 Å². The second kappa shape index (κ2) is 5.10. The Morgan fingerprint density at radius 3 is 2.22 bits per heavy atom. The number of hydrogen-bond donors (Lipinski definition) is 0. The molecule has 2 aromatic rings. The first-order valence-electron chi connectivity index (χ1n) is 6.83. The van der Waals surface area contributed by atoms with E-state index in [1.165, 1.54) is 29.0 Å². The van der Waals surface area contributed by atoms with Crippen LogP contribution in [0.3, 0.4) is 0 Å². The third-order valence-electron chi connectivity index (χ3n) is 4.58. The van der Waals surface area contributed by atoms with E-state index in [0.29, 0.717) is 0 Å². The van der Waals surface area contributed by atoms with E-state index in [1.54, 1.807) is 5.32 Å². The Labute approximate surface area is 116 Å². The molecule has 0 saturated carbocycles. The first kappa shape index (κ1) is 13.7. The van der Waals surface area contributed by atoms with Crippen molar-refractivity contribution in [3.8, 4) is 0 Å². The Hall–Kier alpha value is -0.733. The lowest BCUT2D eigenvalue weighted by molar-refractivity contribution is 0.983. The predicted molar refractivity (Wildman–Crippen MR) is 84.8 cm³/mol. The number of nitrogens with zero attached hydrogens (tertiary/aromatic N) is 1. The van der Waals surface area contributed by atoms with Crippen LogP contribution in [0.25, 0.3) is 10.9 Å². The summed E-state index contributed by atoms with van der Waals surface area (Å²) in [6.07, 6.45) is 0. The van der Waals surface area contributed by atoms with Gasteiger partial charge < -0.3 is 4.57 Å². The van der Waals surface area contributed by atoms with Crippen molar-refractivity contribution in [3.63, 3.8) is 0 Å². The maximum absolute atomic E-state index is 6.10. The quantitative estimate of drug-likeness (QED) is 0.724. The smallest absolute Gasteiger partial charge is 0.107 e. The molecule has 0 amide bonds. The van der Waals surface area contributed by atoms with Crippen molar-refractivity contribution in [1.29, 1.82) is 0 Å². The molecule has 1 heterocycles. The molecule has 0 aliphatic heterocycles. The standard InChI is InChI=1S/C15H22ClNSi/c1-5-18(6-2,7-3)15-11-12-10-13(16)8-9-14(12)17(15)4/h8-11H,5-7H2,1-4H3.